The third-order valence-electron chi connectivity index (χ3n) is 8.58. The third-order valence-corrected chi connectivity index (χ3v) is 8.58. The zero-order valence-electron chi connectivity index (χ0n) is 28.6. The second kappa shape index (κ2) is 34.2. The molecule has 0 aromatic carbocycles. The molecule has 0 aromatic rings. The van der Waals surface area contributed by atoms with Crippen molar-refractivity contribution in [2.45, 2.75) is 205 Å². The van der Waals surface area contributed by atoms with Crippen LogP contribution in [-0.2, 0) is 4.74 Å². The Kier molecular flexibility index (Phi) is 33.6. The highest BCUT2D eigenvalue weighted by Crippen LogP contribution is 2.20. The molecule has 0 aliphatic rings. The Labute approximate surface area is 267 Å². The Hall–Kier alpha value is -0.720. The Morgan fingerprint density at radius 2 is 0.698 bits per heavy atom. The highest BCUT2D eigenvalue weighted by atomic mass is 16.5. The van der Waals surface area contributed by atoms with Crippen molar-refractivity contribution in [1.82, 2.24) is 0 Å². The number of ether oxygens (including phenoxy) is 1. The summed E-state index contributed by atoms with van der Waals surface area (Å²) in [6.07, 6.45) is 37.0. The van der Waals surface area contributed by atoms with Gasteiger partial charge in [0.1, 0.15) is 12.2 Å². The molecule has 0 radical (unpaired) electrons. The van der Waals surface area contributed by atoms with Crippen molar-refractivity contribution in [2.24, 2.45) is 0 Å². The fourth-order valence-electron chi connectivity index (χ4n) is 5.64. The standard InChI is InChI=1S/C38H74O5/c1-3-5-7-9-11-13-15-17-19-21-23-25-27-29-31-37(35(41)33-39)43-38(36(42)34-40)32-30-28-26-24-22-20-18-16-14-12-10-8-6-4-2/h17-20,35-42H,3-16,21-34H2,1-2H3. The number of unbranched alkanes of at least 4 members (excludes halogenated alkanes) is 20. The van der Waals surface area contributed by atoms with E-state index >= 15 is 0 Å². The minimum Gasteiger partial charge on any atom is -0.394 e. The van der Waals surface area contributed by atoms with Crippen molar-refractivity contribution in [2.75, 3.05) is 13.2 Å². The van der Waals surface area contributed by atoms with E-state index in [0.717, 1.165) is 51.4 Å². The smallest absolute Gasteiger partial charge is 0.103 e. The molecule has 5 heteroatoms. The summed E-state index contributed by atoms with van der Waals surface area (Å²) in [6, 6.07) is 0. The van der Waals surface area contributed by atoms with Gasteiger partial charge in [0.05, 0.1) is 25.4 Å². The summed E-state index contributed by atoms with van der Waals surface area (Å²) < 4.78 is 6.14. The quantitative estimate of drug-likeness (QED) is 0.0430. The molecule has 4 N–H and O–H groups in total. The summed E-state index contributed by atoms with van der Waals surface area (Å²) >= 11 is 0. The van der Waals surface area contributed by atoms with Crippen LogP contribution in [0, 0.1) is 0 Å². The molecule has 0 amide bonds. The molecule has 0 saturated heterocycles. The number of aliphatic hydroxyl groups excluding tert-OH is 4. The van der Waals surface area contributed by atoms with E-state index < -0.39 is 24.4 Å². The Morgan fingerprint density at radius 3 is 1.00 bits per heavy atom. The average molecular weight is 611 g/mol. The topological polar surface area (TPSA) is 90.2 Å². The molecule has 0 aromatic heterocycles. The molecule has 43 heavy (non-hydrogen) atoms. The van der Waals surface area contributed by atoms with Crippen LogP contribution in [0.2, 0.25) is 0 Å². The van der Waals surface area contributed by atoms with Gasteiger partial charge < -0.3 is 25.2 Å². The molecule has 0 aliphatic carbocycles. The molecule has 0 saturated carbocycles. The van der Waals surface area contributed by atoms with Gasteiger partial charge in [0.15, 0.2) is 0 Å². The molecule has 4 unspecified atom stereocenters. The molecule has 0 rings (SSSR count). The maximum atomic E-state index is 10.4. The van der Waals surface area contributed by atoms with E-state index in [1.807, 2.05) is 0 Å². The molecular weight excluding hydrogens is 536 g/mol. The largest absolute Gasteiger partial charge is 0.394 e. The minimum absolute atomic E-state index is 0.359. The van der Waals surface area contributed by atoms with Gasteiger partial charge in [-0.05, 0) is 64.2 Å². The van der Waals surface area contributed by atoms with Gasteiger partial charge in [0, 0.05) is 0 Å². The van der Waals surface area contributed by atoms with Crippen molar-refractivity contribution in [3.63, 3.8) is 0 Å². The summed E-state index contributed by atoms with van der Waals surface area (Å²) in [6.45, 7) is 3.80. The zero-order valence-corrected chi connectivity index (χ0v) is 28.6. The predicted molar refractivity (Wildman–Crippen MR) is 185 cm³/mol. The summed E-state index contributed by atoms with van der Waals surface area (Å²) in [5.74, 6) is 0. The van der Waals surface area contributed by atoms with E-state index in [9.17, 15) is 20.4 Å². The number of rotatable bonds is 34. The second-order valence-electron chi connectivity index (χ2n) is 12.8. The van der Waals surface area contributed by atoms with Crippen LogP contribution in [0.3, 0.4) is 0 Å². The van der Waals surface area contributed by atoms with Crippen LogP contribution < -0.4 is 0 Å². The molecule has 0 fully saturated rings. The van der Waals surface area contributed by atoms with Gasteiger partial charge in [-0.25, -0.2) is 0 Å². The van der Waals surface area contributed by atoms with E-state index in [1.165, 1.54) is 103 Å². The van der Waals surface area contributed by atoms with Crippen LogP contribution in [0.1, 0.15) is 181 Å². The monoisotopic (exact) mass is 611 g/mol. The van der Waals surface area contributed by atoms with Crippen molar-refractivity contribution in [3.05, 3.63) is 24.3 Å². The van der Waals surface area contributed by atoms with Gasteiger partial charge in [0.25, 0.3) is 0 Å². The predicted octanol–water partition coefficient (Wildman–Crippen LogP) is 9.74. The molecule has 4 atom stereocenters. The van der Waals surface area contributed by atoms with Crippen LogP contribution in [0.15, 0.2) is 24.3 Å². The fraction of sp³-hybridized carbons (Fsp3) is 0.895. The first-order valence-corrected chi connectivity index (χ1v) is 18.6. The van der Waals surface area contributed by atoms with E-state index in [4.69, 9.17) is 4.74 Å². The first kappa shape index (κ1) is 42.3. The lowest BCUT2D eigenvalue weighted by Crippen LogP contribution is -2.41. The average Bonchev–Trinajstić information content (AvgIpc) is 3.02. The lowest BCUT2D eigenvalue weighted by Gasteiger charge is -2.30. The SMILES string of the molecule is CCCCCCCCC=CCCCCCCC(OC(CCCCCCC=CCCCCCCCC)C(O)CO)C(O)CO. The summed E-state index contributed by atoms with van der Waals surface area (Å²) in [4.78, 5) is 0. The van der Waals surface area contributed by atoms with Gasteiger partial charge in [-0.3, -0.25) is 0 Å². The second-order valence-corrected chi connectivity index (χ2v) is 12.8. The zero-order chi connectivity index (χ0) is 31.6. The van der Waals surface area contributed by atoms with Crippen LogP contribution in [0.25, 0.3) is 0 Å². The Morgan fingerprint density at radius 1 is 0.419 bits per heavy atom. The van der Waals surface area contributed by atoms with Gasteiger partial charge in [-0.2, -0.15) is 0 Å². The molecule has 0 aliphatic heterocycles. The van der Waals surface area contributed by atoms with Gasteiger partial charge >= 0.3 is 0 Å². The molecule has 0 bridgehead atoms. The van der Waals surface area contributed by atoms with Gasteiger partial charge in [-0.15, -0.1) is 0 Å². The van der Waals surface area contributed by atoms with Gasteiger partial charge in [0.2, 0.25) is 0 Å². The number of hydrogen-bond donors (Lipinski definition) is 4. The lowest BCUT2D eigenvalue weighted by atomic mass is 10.0. The first-order chi connectivity index (χ1) is 21.1. The third kappa shape index (κ3) is 28.5. The summed E-state index contributed by atoms with van der Waals surface area (Å²) in [5, 5.41) is 39.9. The maximum absolute atomic E-state index is 10.4. The Balaban J connectivity index is 4.12. The number of aliphatic hydroxyl groups is 4. The molecule has 0 spiro atoms. The van der Waals surface area contributed by atoms with Crippen LogP contribution >= 0.6 is 0 Å². The van der Waals surface area contributed by atoms with Crippen molar-refractivity contribution in [1.29, 1.82) is 0 Å². The fourth-order valence-corrected chi connectivity index (χ4v) is 5.64. The highest BCUT2D eigenvalue weighted by Gasteiger charge is 2.27. The lowest BCUT2D eigenvalue weighted by molar-refractivity contribution is -0.137. The first-order valence-electron chi connectivity index (χ1n) is 18.6. The van der Waals surface area contributed by atoms with Crippen LogP contribution in [0.5, 0.6) is 0 Å². The normalized spacial score (nSPS) is 15.0. The van der Waals surface area contributed by atoms with E-state index in [2.05, 4.69) is 38.2 Å². The maximum Gasteiger partial charge on any atom is 0.103 e. The molecule has 0 heterocycles. The van der Waals surface area contributed by atoms with E-state index in [-0.39, 0.29) is 13.2 Å². The molecular formula is C38H74O5. The Bertz CT molecular complexity index is 543. The highest BCUT2D eigenvalue weighted by molar-refractivity contribution is 4.82. The van der Waals surface area contributed by atoms with Crippen LogP contribution in [-0.4, -0.2) is 58.1 Å². The summed E-state index contributed by atoms with van der Waals surface area (Å²) in [5.41, 5.74) is 0. The molecule has 256 valence electrons. The van der Waals surface area contributed by atoms with Crippen molar-refractivity contribution in [3.8, 4) is 0 Å². The van der Waals surface area contributed by atoms with Crippen molar-refractivity contribution >= 4 is 0 Å². The minimum atomic E-state index is -0.971. The van der Waals surface area contributed by atoms with E-state index in [1.54, 1.807) is 0 Å². The number of hydrogen-bond acceptors (Lipinski definition) is 5. The summed E-state index contributed by atoms with van der Waals surface area (Å²) in [7, 11) is 0. The number of allylic oxidation sites excluding steroid dienone is 4. The van der Waals surface area contributed by atoms with Gasteiger partial charge in [-0.1, -0.05) is 141 Å². The molecule has 5 nitrogen and oxygen atoms in total. The van der Waals surface area contributed by atoms with E-state index in [0.29, 0.717) is 12.8 Å². The van der Waals surface area contributed by atoms with Crippen LogP contribution in [0.4, 0.5) is 0 Å². The van der Waals surface area contributed by atoms with Crippen molar-refractivity contribution < 1.29 is 25.2 Å².